The van der Waals surface area contributed by atoms with Gasteiger partial charge in [0.15, 0.2) is 11.5 Å². The minimum atomic E-state index is -0.322. The average molecular weight is 380 g/mol. The number of amides is 2. The van der Waals surface area contributed by atoms with E-state index in [1.54, 1.807) is 4.90 Å². The molecule has 28 heavy (non-hydrogen) atoms. The molecule has 2 aromatic rings. The fourth-order valence-corrected chi connectivity index (χ4v) is 3.63. The molecule has 0 bridgehead atoms. The van der Waals surface area contributed by atoms with Gasteiger partial charge in [-0.3, -0.25) is 9.59 Å². The maximum absolute atomic E-state index is 12.5. The Labute approximate surface area is 164 Å². The van der Waals surface area contributed by atoms with E-state index >= 15 is 0 Å². The minimum Gasteiger partial charge on any atom is -0.486 e. The highest BCUT2D eigenvalue weighted by Gasteiger charge is 2.35. The molecule has 1 N–H and O–H groups in total. The zero-order valence-corrected chi connectivity index (χ0v) is 15.7. The third-order valence-corrected chi connectivity index (χ3v) is 5.12. The van der Waals surface area contributed by atoms with Gasteiger partial charge in [0.25, 0.3) is 0 Å². The Hall–Kier alpha value is -3.02. The van der Waals surface area contributed by atoms with Crippen LogP contribution in [0.4, 0.5) is 5.69 Å². The molecule has 0 aliphatic carbocycles. The monoisotopic (exact) mass is 380 g/mol. The first-order chi connectivity index (χ1) is 13.7. The van der Waals surface area contributed by atoms with Crippen molar-refractivity contribution in [3.8, 4) is 11.5 Å². The molecular weight excluding hydrogens is 356 g/mol. The van der Waals surface area contributed by atoms with Crippen LogP contribution in [0.15, 0.2) is 48.5 Å². The number of nitrogens with zero attached hydrogens (tertiary/aromatic N) is 1. The van der Waals surface area contributed by atoms with Crippen LogP contribution in [0.2, 0.25) is 0 Å². The summed E-state index contributed by atoms with van der Waals surface area (Å²) >= 11 is 0. The minimum absolute atomic E-state index is 0.0406. The van der Waals surface area contributed by atoms with Crippen molar-refractivity contribution in [3.63, 3.8) is 0 Å². The van der Waals surface area contributed by atoms with Crippen LogP contribution in [0.3, 0.4) is 0 Å². The summed E-state index contributed by atoms with van der Waals surface area (Å²) in [5, 5.41) is 2.97. The Morgan fingerprint density at radius 3 is 2.68 bits per heavy atom. The maximum atomic E-state index is 12.5. The lowest BCUT2D eigenvalue weighted by Gasteiger charge is -2.22. The predicted molar refractivity (Wildman–Crippen MR) is 106 cm³/mol. The normalized spacial score (nSPS) is 18.2. The summed E-state index contributed by atoms with van der Waals surface area (Å²) in [7, 11) is 0. The van der Waals surface area contributed by atoms with E-state index in [0.29, 0.717) is 37.8 Å². The third-order valence-electron chi connectivity index (χ3n) is 5.12. The topological polar surface area (TPSA) is 67.9 Å². The van der Waals surface area contributed by atoms with Crippen LogP contribution in [-0.4, -0.2) is 38.1 Å². The number of ether oxygens (including phenoxy) is 2. The molecule has 2 aliphatic rings. The molecule has 1 fully saturated rings. The SMILES string of the molecule is O=C(NCCCc1ccccc1)[C@@H]1CC(=O)N(c2ccc3c(c2)OCCO3)C1. The number of anilines is 1. The summed E-state index contributed by atoms with van der Waals surface area (Å²) < 4.78 is 11.1. The number of rotatable bonds is 6. The van der Waals surface area contributed by atoms with Gasteiger partial charge in [0.05, 0.1) is 5.92 Å². The number of hydrogen-bond donors (Lipinski definition) is 1. The van der Waals surface area contributed by atoms with E-state index in [-0.39, 0.29) is 24.2 Å². The van der Waals surface area contributed by atoms with Gasteiger partial charge in [-0.15, -0.1) is 0 Å². The third kappa shape index (κ3) is 4.11. The van der Waals surface area contributed by atoms with Gasteiger partial charge in [-0.1, -0.05) is 30.3 Å². The first-order valence-electron chi connectivity index (χ1n) is 9.72. The number of aryl methyl sites for hydroxylation is 1. The zero-order valence-electron chi connectivity index (χ0n) is 15.7. The van der Waals surface area contributed by atoms with Crippen LogP contribution in [-0.2, 0) is 16.0 Å². The second-order valence-electron chi connectivity index (χ2n) is 7.11. The molecule has 2 aromatic carbocycles. The fourth-order valence-electron chi connectivity index (χ4n) is 3.63. The molecule has 1 atom stereocenters. The fraction of sp³-hybridized carbons (Fsp3) is 0.364. The van der Waals surface area contributed by atoms with Crippen LogP contribution in [0.1, 0.15) is 18.4 Å². The first-order valence-corrected chi connectivity index (χ1v) is 9.72. The molecule has 1 saturated heterocycles. The lowest BCUT2D eigenvalue weighted by atomic mass is 10.1. The molecule has 6 heteroatoms. The molecule has 2 heterocycles. The Balaban J connectivity index is 1.29. The summed E-state index contributed by atoms with van der Waals surface area (Å²) in [6.45, 7) is 2.03. The number of hydrogen-bond acceptors (Lipinski definition) is 4. The maximum Gasteiger partial charge on any atom is 0.227 e. The molecule has 6 nitrogen and oxygen atoms in total. The van der Waals surface area contributed by atoms with Gasteiger partial charge in [-0.2, -0.15) is 0 Å². The molecule has 0 saturated carbocycles. The lowest BCUT2D eigenvalue weighted by Crippen LogP contribution is -2.33. The van der Waals surface area contributed by atoms with Crippen molar-refractivity contribution in [2.24, 2.45) is 5.92 Å². The molecule has 0 spiro atoms. The van der Waals surface area contributed by atoms with Crippen molar-refractivity contribution in [2.75, 3.05) is 31.2 Å². The van der Waals surface area contributed by atoms with Gasteiger partial charge in [-0.05, 0) is 30.5 Å². The van der Waals surface area contributed by atoms with E-state index in [1.165, 1.54) is 5.56 Å². The highest BCUT2D eigenvalue weighted by atomic mass is 16.6. The Kier molecular flexibility index (Phi) is 5.46. The van der Waals surface area contributed by atoms with Crippen molar-refractivity contribution in [2.45, 2.75) is 19.3 Å². The summed E-state index contributed by atoms with van der Waals surface area (Å²) in [4.78, 5) is 26.6. The number of fused-ring (bicyclic) bond motifs is 1. The van der Waals surface area contributed by atoms with E-state index in [1.807, 2.05) is 36.4 Å². The van der Waals surface area contributed by atoms with Crippen molar-refractivity contribution in [3.05, 3.63) is 54.1 Å². The van der Waals surface area contributed by atoms with Crippen molar-refractivity contribution in [1.29, 1.82) is 0 Å². The second kappa shape index (κ2) is 8.33. The Morgan fingerprint density at radius 1 is 1.07 bits per heavy atom. The van der Waals surface area contributed by atoms with Gasteiger partial charge in [0, 0.05) is 31.3 Å². The molecule has 2 aliphatic heterocycles. The van der Waals surface area contributed by atoms with E-state index in [0.717, 1.165) is 18.5 Å². The summed E-state index contributed by atoms with van der Waals surface area (Å²) in [5.41, 5.74) is 2.01. The standard InChI is InChI=1S/C22H24N2O4/c25-21-13-17(22(26)23-10-4-7-16-5-2-1-3-6-16)15-24(21)18-8-9-19-20(14-18)28-12-11-27-19/h1-3,5-6,8-9,14,17H,4,7,10-13,15H2,(H,23,26)/t17-/m1/s1. The molecule has 2 amide bonds. The Morgan fingerprint density at radius 2 is 1.86 bits per heavy atom. The lowest BCUT2D eigenvalue weighted by molar-refractivity contribution is -0.126. The van der Waals surface area contributed by atoms with Gasteiger partial charge in [0.1, 0.15) is 13.2 Å². The largest absolute Gasteiger partial charge is 0.486 e. The zero-order chi connectivity index (χ0) is 19.3. The van der Waals surface area contributed by atoms with Crippen LogP contribution < -0.4 is 19.7 Å². The van der Waals surface area contributed by atoms with Crippen molar-refractivity contribution < 1.29 is 19.1 Å². The van der Waals surface area contributed by atoms with Crippen LogP contribution in [0, 0.1) is 5.92 Å². The molecule has 0 unspecified atom stereocenters. The number of carbonyl (C=O) groups excluding carboxylic acids is 2. The van der Waals surface area contributed by atoms with Crippen molar-refractivity contribution >= 4 is 17.5 Å². The van der Waals surface area contributed by atoms with Gasteiger partial charge < -0.3 is 19.7 Å². The average Bonchev–Trinajstić information content (AvgIpc) is 3.13. The summed E-state index contributed by atoms with van der Waals surface area (Å²) in [6, 6.07) is 15.7. The van der Waals surface area contributed by atoms with E-state index in [4.69, 9.17) is 9.47 Å². The van der Waals surface area contributed by atoms with Gasteiger partial charge in [-0.25, -0.2) is 0 Å². The van der Waals surface area contributed by atoms with Crippen LogP contribution in [0.5, 0.6) is 11.5 Å². The van der Waals surface area contributed by atoms with Crippen LogP contribution in [0.25, 0.3) is 0 Å². The smallest absolute Gasteiger partial charge is 0.227 e. The molecule has 146 valence electrons. The van der Waals surface area contributed by atoms with Crippen molar-refractivity contribution in [1.82, 2.24) is 5.32 Å². The quantitative estimate of drug-likeness (QED) is 0.782. The molecule has 4 rings (SSSR count). The van der Waals surface area contributed by atoms with E-state index in [9.17, 15) is 9.59 Å². The highest BCUT2D eigenvalue weighted by Crippen LogP contribution is 2.35. The highest BCUT2D eigenvalue weighted by molar-refractivity contribution is 6.00. The second-order valence-corrected chi connectivity index (χ2v) is 7.11. The number of carbonyl (C=O) groups is 2. The van der Waals surface area contributed by atoms with E-state index < -0.39 is 0 Å². The molecular formula is C22H24N2O4. The number of nitrogens with one attached hydrogen (secondary N) is 1. The molecule has 0 radical (unpaired) electrons. The predicted octanol–water partition coefficient (Wildman–Crippen LogP) is 2.56. The number of benzene rings is 2. The van der Waals surface area contributed by atoms with Gasteiger partial charge >= 0.3 is 0 Å². The summed E-state index contributed by atoms with van der Waals surface area (Å²) in [6.07, 6.45) is 2.04. The molecule has 0 aromatic heterocycles. The summed E-state index contributed by atoms with van der Waals surface area (Å²) in [5.74, 6) is 0.916. The first kappa shape index (κ1) is 18.3. The van der Waals surface area contributed by atoms with Gasteiger partial charge in [0.2, 0.25) is 11.8 Å². The van der Waals surface area contributed by atoms with Crippen LogP contribution >= 0.6 is 0 Å². The van der Waals surface area contributed by atoms with E-state index in [2.05, 4.69) is 17.4 Å². The Bertz CT molecular complexity index is 853.